The van der Waals surface area contributed by atoms with E-state index >= 15 is 0 Å². The average Bonchev–Trinajstić information content (AvgIpc) is 3.26. The Labute approximate surface area is 154 Å². The van der Waals surface area contributed by atoms with Crippen LogP contribution in [0.15, 0.2) is 59.3 Å². The van der Waals surface area contributed by atoms with Crippen molar-refractivity contribution < 1.29 is 14.1 Å². The van der Waals surface area contributed by atoms with Gasteiger partial charge in [0.15, 0.2) is 0 Å². The third kappa shape index (κ3) is 3.01. The largest absolute Gasteiger partial charge is 0.467 e. The topological polar surface area (TPSA) is 102 Å². The number of nitrogens with one attached hydrogen (secondary N) is 1. The third-order valence-electron chi connectivity index (χ3n) is 4.45. The molecule has 0 bridgehead atoms. The normalized spacial score (nSPS) is 15.7. The number of amides is 1. The van der Waals surface area contributed by atoms with Gasteiger partial charge in [-0.15, -0.1) is 0 Å². The van der Waals surface area contributed by atoms with Gasteiger partial charge in [0, 0.05) is 12.3 Å². The molecular weight excluding hydrogens is 348 g/mol. The zero-order valence-corrected chi connectivity index (χ0v) is 14.5. The molecule has 0 saturated heterocycles. The highest BCUT2D eigenvalue weighted by Gasteiger charge is 2.39. The number of aromatic nitrogens is 1. The van der Waals surface area contributed by atoms with Crippen LogP contribution in [0.1, 0.15) is 33.5 Å². The van der Waals surface area contributed by atoms with Crippen LogP contribution in [0.4, 0.5) is 11.4 Å². The minimum absolute atomic E-state index is 0.0511. The number of nitro benzene ring substituents is 1. The highest BCUT2D eigenvalue weighted by Crippen LogP contribution is 2.36. The number of nitro groups is 1. The molecule has 1 atom stereocenters. The molecule has 1 N–H and O–H groups in total. The number of pyridine rings is 1. The lowest BCUT2D eigenvalue weighted by molar-refractivity contribution is -0.384. The first kappa shape index (κ1) is 16.8. The van der Waals surface area contributed by atoms with Gasteiger partial charge in [-0.25, -0.2) is 0 Å². The Hall–Kier alpha value is -3.68. The van der Waals surface area contributed by atoms with Gasteiger partial charge in [0.2, 0.25) is 0 Å². The number of anilines is 1. The number of hydrogen-bond donors (Lipinski definition) is 1. The van der Waals surface area contributed by atoms with Crippen molar-refractivity contribution in [2.75, 3.05) is 5.32 Å². The molecule has 0 saturated carbocycles. The van der Waals surface area contributed by atoms with Crippen molar-refractivity contribution in [3.63, 3.8) is 0 Å². The number of fused-ring (bicyclic) bond motifs is 1. The molecule has 2 aromatic heterocycles. The second kappa shape index (κ2) is 6.56. The fourth-order valence-electron chi connectivity index (χ4n) is 3.18. The number of carbonyl (C=O) groups is 1. The minimum Gasteiger partial charge on any atom is -0.467 e. The number of carbonyl (C=O) groups excluding carboxylic acids is 1. The van der Waals surface area contributed by atoms with E-state index in [-0.39, 0.29) is 18.1 Å². The zero-order valence-electron chi connectivity index (χ0n) is 14.5. The molecule has 1 aliphatic rings. The van der Waals surface area contributed by atoms with E-state index in [2.05, 4.69) is 10.3 Å². The van der Waals surface area contributed by atoms with Crippen LogP contribution in [0, 0.1) is 17.0 Å². The highest BCUT2D eigenvalue weighted by molar-refractivity contribution is 5.99. The standard InChI is InChI=1S/C19H16N4O4/c1-12-6-7-15(16(10-12)23(25)26)21-18-17-14(5-2-8-20-17)19(24)22(18)11-13-4-3-9-27-13/h2-10,18,21H,11H2,1H3/t18-/m1/s1. The van der Waals surface area contributed by atoms with Crippen LogP contribution in [0.2, 0.25) is 0 Å². The summed E-state index contributed by atoms with van der Waals surface area (Å²) in [6, 6.07) is 11.8. The molecule has 1 aliphatic heterocycles. The second-order valence-electron chi connectivity index (χ2n) is 6.27. The van der Waals surface area contributed by atoms with Gasteiger partial charge in [0.1, 0.15) is 17.6 Å². The summed E-state index contributed by atoms with van der Waals surface area (Å²) in [5, 5.41) is 14.6. The van der Waals surface area contributed by atoms with Crippen molar-refractivity contribution in [3.8, 4) is 0 Å². The van der Waals surface area contributed by atoms with E-state index in [9.17, 15) is 14.9 Å². The SMILES string of the molecule is Cc1ccc(N[C@H]2c3ncccc3C(=O)N2Cc2ccco2)c([N+](=O)[O-])c1. The molecule has 0 radical (unpaired) electrons. The average molecular weight is 364 g/mol. The number of aryl methyl sites for hydroxylation is 1. The maximum Gasteiger partial charge on any atom is 0.292 e. The monoisotopic (exact) mass is 364 g/mol. The van der Waals surface area contributed by atoms with Gasteiger partial charge in [-0.2, -0.15) is 0 Å². The van der Waals surface area contributed by atoms with Gasteiger partial charge >= 0.3 is 0 Å². The Morgan fingerprint density at radius 2 is 2.15 bits per heavy atom. The van der Waals surface area contributed by atoms with E-state index in [4.69, 9.17) is 4.42 Å². The van der Waals surface area contributed by atoms with Gasteiger partial charge in [-0.3, -0.25) is 19.9 Å². The lowest BCUT2D eigenvalue weighted by Crippen LogP contribution is -2.32. The lowest BCUT2D eigenvalue weighted by atomic mass is 10.1. The Kier molecular flexibility index (Phi) is 4.08. The summed E-state index contributed by atoms with van der Waals surface area (Å²) in [6.07, 6.45) is 2.50. The molecule has 8 nitrogen and oxygen atoms in total. The molecule has 0 aliphatic carbocycles. The Balaban J connectivity index is 1.74. The Morgan fingerprint density at radius 3 is 2.89 bits per heavy atom. The van der Waals surface area contributed by atoms with Crippen LogP contribution >= 0.6 is 0 Å². The van der Waals surface area contributed by atoms with Crippen molar-refractivity contribution in [2.45, 2.75) is 19.6 Å². The van der Waals surface area contributed by atoms with Crippen molar-refractivity contribution in [2.24, 2.45) is 0 Å². The number of nitrogens with zero attached hydrogens (tertiary/aromatic N) is 3. The predicted octanol–water partition coefficient (Wildman–Crippen LogP) is 3.66. The summed E-state index contributed by atoms with van der Waals surface area (Å²) in [5.41, 5.74) is 2.05. The fraction of sp³-hybridized carbons (Fsp3) is 0.158. The molecular formula is C19H16N4O4. The molecule has 0 unspecified atom stereocenters. The van der Waals surface area contributed by atoms with Crippen molar-refractivity contribution in [1.82, 2.24) is 9.88 Å². The highest BCUT2D eigenvalue weighted by atomic mass is 16.6. The molecule has 136 valence electrons. The molecule has 1 amide bonds. The minimum atomic E-state index is -0.639. The van der Waals surface area contributed by atoms with Crippen LogP contribution in [0.3, 0.4) is 0 Å². The molecule has 27 heavy (non-hydrogen) atoms. The van der Waals surface area contributed by atoms with Gasteiger partial charge in [-0.1, -0.05) is 6.07 Å². The summed E-state index contributed by atoms with van der Waals surface area (Å²) in [6.45, 7) is 2.01. The summed E-state index contributed by atoms with van der Waals surface area (Å²) in [5.74, 6) is 0.406. The predicted molar refractivity (Wildman–Crippen MR) is 97.0 cm³/mol. The van der Waals surface area contributed by atoms with E-state index in [1.165, 1.54) is 12.3 Å². The van der Waals surface area contributed by atoms with Crippen molar-refractivity contribution in [1.29, 1.82) is 0 Å². The molecule has 1 aromatic carbocycles. The molecule has 3 aromatic rings. The first-order valence-corrected chi connectivity index (χ1v) is 8.34. The second-order valence-corrected chi connectivity index (χ2v) is 6.27. The Bertz CT molecular complexity index is 1020. The number of hydrogen-bond acceptors (Lipinski definition) is 6. The molecule has 0 spiro atoms. The van der Waals surface area contributed by atoms with E-state index in [0.29, 0.717) is 22.7 Å². The molecule has 4 rings (SSSR count). The first-order valence-electron chi connectivity index (χ1n) is 8.34. The maximum atomic E-state index is 12.9. The molecule has 8 heteroatoms. The van der Waals surface area contributed by atoms with Crippen LogP contribution in [0.5, 0.6) is 0 Å². The quantitative estimate of drug-likeness (QED) is 0.548. The number of furan rings is 1. The fourth-order valence-corrected chi connectivity index (χ4v) is 3.18. The summed E-state index contributed by atoms with van der Waals surface area (Å²) in [7, 11) is 0. The van der Waals surface area contributed by atoms with Gasteiger partial charge in [0.25, 0.3) is 11.6 Å². The number of benzene rings is 1. The van der Waals surface area contributed by atoms with Gasteiger partial charge in [-0.05, 0) is 42.8 Å². The zero-order chi connectivity index (χ0) is 19.0. The lowest BCUT2D eigenvalue weighted by Gasteiger charge is -2.25. The summed E-state index contributed by atoms with van der Waals surface area (Å²) >= 11 is 0. The van der Waals surface area contributed by atoms with Crippen molar-refractivity contribution >= 4 is 17.3 Å². The van der Waals surface area contributed by atoms with Crippen LogP contribution in [0.25, 0.3) is 0 Å². The summed E-state index contributed by atoms with van der Waals surface area (Å²) in [4.78, 5) is 29.8. The first-order chi connectivity index (χ1) is 13.0. The smallest absolute Gasteiger partial charge is 0.292 e. The molecule has 0 fully saturated rings. The summed E-state index contributed by atoms with van der Waals surface area (Å²) < 4.78 is 5.37. The van der Waals surface area contributed by atoms with Gasteiger partial charge < -0.3 is 14.6 Å². The van der Waals surface area contributed by atoms with Crippen molar-refractivity contribution in [3.05, 3.63) is 87.6 Å². The van der Waals surface area contributed by atoms with Crippen LogP contribution in [-0.4, -0.2) is 20.7 Å². The van der Waals surface area contributed by atoms with E-state index in [1.807, 2.05) is 0 Å². The molecule has 3 heterocycles. The maximum absolute atomic E-state index is 12.9. The van der Waals surface area contributed by atoms with Gasteiger partial charge in [0.05, 0.1) is 29.0 Å². The van der Waals surface area contributed by atoms with E-state index < -0.39 is 11.1 Å². The van der Waals surface area contributed by atoms with E-state index in [1.54, 1.807) is 54.4 Å². The van der Waals surface area contributed by atoms with E-state index in [0.717, 1.165) is 5.56 Å². The number of rotatable bonds is 5. The Morgan fingerprint density at radius 1 is 1.30 bits per heavy atom. The van der Waals surface area contributed by atoms with Crippen LogP contribution in [-0.2, 0) is 6.54 Å². The van der Waals surface area contributed by atoms with Crippen LogP contribution < -0.4 is 5.32 Å². The third-order valence-corrected chi connectivity index (χ3v) is 4.45.